The van der Waals surface area contributed by atoms with Crippen LogP contribution in [-0.2, 0) is 0 Å². The number of aromatic nitrogens is 3. The molecule has 1 aliphatic heterocycles. The van der Waals surface area contributed by atoms with E-state index in [1.807, 2.05) is 25.3 Å². The molecule has 1 saturated carbocycles. The van der Waals surface area contributed by atoms with E-state index in [1.54, 1.807) is 6.92 Å². The Morgan fingerprint density at radius 1 is 1.22 bits per heavy atom. The Morgan fingerprint density at radius 2 is 2.04 bits per heavy atom. The summed E-state index contributed by atoms with van der Waals surface area (Å²) in [5, 5.41) is 0. The number of pyridine rings is 1. The third kappa shape index (κ3) is 2.64. The van der Waals surface area contributed by atoms with Crippen LogP contribution in [0.15, 0.2) is 23.1 Å². The van der Waals surface area contributed by atoms with Gasteiger partial charge in [0.05, 0.1) is 0 Å². The van der Waals surface area contributed by atoms with Crippen molar-refractivity contribution in [2.75, 3.05) is 18.0 Å². The van der Waals surface area contributed by atoms with Gasteiger partial charge in [-0.05, 0) is 57.1 Å². The van der Waals surface area contributed by atoms with Crippen molar-refractivity contribution >= 4 is 5.82 Å². The topological polar surface area (TPSA) is 61.9 Å². The minimum absolute atomic E-state index is 0.0803. The molecule has 0 amide bonds. The predicted octanol–water partition coefficient (Wildman–Crippen LogP) is 2.83. The smallest absolute Gasteiger partial charge is 0.254 e. The zero-order chi connectivity index (χ0) is 16.0. The Morgan fingerprint density at radius 3 is 2.70 bits per heavy atom. The van der Waals surface area contributed by atoms with E-state index in [0.717, 1.165) is 30.2 Å². The van der Waals surface area contributed by atoms with Gasteiger partial charge in [0, 0.05) is 36.1 Å². The molecular weight excluding hydrogens is 288 g/mol. The van der Waals surface area contributed by atoms with Crippen molar-refractivity contribution < 1.29 is 0 Å². The Balaban J connectivity index is 1.59. The standard InChI is InChI=1S/C18H22N4O/c1-12-13(2)20-16(21-17(12)23)14-4-5-15(19-10-14)22-9-3-6-18(11-22)7-8-18/h4-5,10H,3,6-9,11H2,1-2H3,(H,20,21,23). The Labute approximate surface area is 135 Å². The van der Waals surface area contributed by atoms with Crippen LogP contribution >= 0.6 is 0 Å². The largest absolute Gasteiger partial charge is 0.356 e. The van der Waals surface area contributed by atoms with Crippen molar-refractivity contribution in [1.29, 1.82) is 0 Å². The van der Waals surface area contributed by atoms with Crippen LogP contribution < -0.4 is 10.5 Å². The van der Waals surface area contributed by atoms with Gasteiger partial charge < -0.3 is 9.88 Å². The maximum absolute atomic E-state index is 11.9. The molecule has 0 radical (unpaired) electrons. The SMILES string of the molecule is Cc1nc(-c2ccc(N3CCCC4(CC4)C3)nc2)[nH]c(=O)c1C. The van der Waals surface area contributed by atoms with Crippen LogP contribution in [0.25, 0.3) is 11.4 Å². The maximum atomic E-state index is 11.9. The van der Waals surface area contributed by atoms with E-state index >= 15 is 0 Å². The van der Waals surface area contributed by atoms with E-state index in [4.69, 9.17) is 0 Å². The summed E-state index contributed by atoms with van der Waals surface area (Å²) in [5.41, 5.74) is 2.79. The van der Waals surface area contributed by atoms with Gasteiger partial charge in [0.15, 0.2) is 0 Å². The highest BCUT2D eigenvalue weighted by molar-refractivity contribution is 5.56. The van der Waals surface area contributed by atoms with Crippen molar-refractivity contribution in [3.63, 3.8) is 0 Å². The summed E-state index contributed by atoms with van der Waals surface area (Å²) in [6.07, 6.45) is 7.19. The van der Waals surface area contributed by atoms with Crippen molar-refractivity contribution in [3.8, 4) is 11.4 Å². The summed E-state index contributed by atoms with van der Waals surface area (Å²) < 4.78 is 0. The average molecular weight is 310 g/mol. The summed E-state index contributed by atoms with van der Waals surface area (Å²) in [4.78, 5) is 26.2. The fourth-order valence-corrected chi connectivity index (χ4v) is 3.48. The fourth-order valence-electron chi connectivity index (χ4n) is 3.48. The van der Waals surface area contributed by atoms with Crippen LogP contribution in [0, 0.1) is 19.3 Å². The minimum Gasteiger partial charge on any atom is -0.356 e. The zero-order valence-electron chi connectivity index (χ0n) is 13.7. The van der Waals surface area contributed by atoms with Crippen LogP contribution in [0.4, 0.5) is 5.82 Å². The fraction of sp³-hybridized carbons (Fsp3) is 0.500. The molecule has 2 aliphatic rings. The van der Waals surface area contributed by atoms with Crippen LogP contribution in [0.2, 0.25) is 0 Å². The molecule has 5 heteroatoms. The second kappa shape index (κ2) is 5.18. The van der Waals surface area contributed by atoms with Gasteiger partial charge in [-0.25, -0.2) is 9.97 Å². The van der Waals surface area contributed by atoms with Crippen LogP contribution in [-0.4, -0.2) is 28.0 Å². The lowest BCUT2D eigenvalue weighted by Gasteiger charge is -2.33. The predicted molar refractivity (Wildman–Crippen MR) is 90.7 cm³/mol. The molecule has 3 heterocycles. The summed E-state index contributed by atoms with van der Waals surface area (Å²) in [6.45, 7) is 5.87. The summed E-state index contributed by atoms with van der Waals surface area (Å²) in [7, 11) is 0. The molecule has 0 bridgehead atoms. The van der Waals surface area contributed by atoms with Gasteiger partial charge in [-0.1, -0.05) is 0 Å². The number of anilines is 1. The lowest BCUT2D eigenvalue weighted by molar-refractivity contribution is 0.393. The Bertz CT molecular complexity index is 790. The molecule has 5 nitrogen and oxygen atoms in total. The highest BCUT2D eigenvalue weighted by atomic mass is 16.1. The highest BCUT2D eigenvalue weighted by Gasteiger charge is 2.45. The van der Waals surface area contributed by atoms with Gasteiger partial charge in [0.1, 0.15) is 11.6 Å². The number of aromatic amines is 1. The monoisotopic (exact) mass is 310 g/mol. The molecule has 0 aromatic carbocycles. The second-order valence-electron chi connectivity index (χ2n) is 7.06. The number of piperidine rings is 1. The number of nitrogens with one attached hydrogen (secondary N) is 1. The second-order valence-corrected chi connectivity index (χ2v) is 7.06. The number of aryl methyl sites for hydroxylation is 1. The highest BCUT2D eigenvalue weighted by Crippen LogP contribution is 2.52. The van der Waals surface area contributed by atoms with E-state index < -0.39 is 0 Å². The van der Waals surface area contributed by atoms with E-state index in [9.17, 15) is 4.79 Å². The van der Waals surface area contributed by atoms with Crippen LogP contribution in [0.1, 0.15) is 36.9 Å². The average Bonchev–Trinajstić information content (AvgIpc) is 3.31. The molecule has 2 aromatic rings. The first kappa shape index (κ1) is 14.4. The lowest BCUT2D eigenvalue weighted by atomic mass is 9.95. The molecule has 23 heavy (non-hydrogen) atoms. The molecule has 120 valence electrons. The normalized spacial score (nSPS) is 19.1. The summed E-state index contributed by atoms with van der Waals surface area (Å²) in [6, 6.07) is 4.05. The molecule has 0 unspecified atom stereocenters. The van der Waals surface area contributed by atoms with E-state index in [0.29, 0.717) is 16.8 Å². The number of hydrogen-bond acceptors (Lipinski definition) is 4. The molecule has 0 atom stereocenters. The van der Waals surface area contributed by atoms with Gasteiger partial charge in [-0.2, -0.15) is 0 Å². The molecule has 1 spiro atoms. The maximum Gasteiger partial charge on any atom is 0.254 e. The van der Waals surface area contributed by atoms with Gasteiger partial charge in [0.25, 0.3) is 5.56 Å². The Hall–Kier alpha value is -2.17. The van der Waals surface area contributed by atoms with Gasteiger partial charge >= 0.3 is 0 Å². The van der Waals surface area contributed by atoms with Crippen molar-refractivity contribution in [1.82, 2.24) is 15.0 Å². The lowest BCUT2D eigenvalue weighted by Crippen LogP contribution is -2.36. The molecule has 2 aromatic heterocycles. The van der Waals surface area contributed by atoms with E-state index in [-0.39, 0.29) is 5.56 Å². The van der Waals surface area contributed by atoms with E-state index in [2.05, 4.69) is 19.9 Å². The first-order valence-electron chi connectivity index (χ1n) is 8.35. The third-order valence-corrected chi connectivity index (χ3v) is 5.36. The van der Waals surface area contributed by atoms with Crippen molar-refractivity contribution in [2.24, 2.45) is 5.41 Å². The van der Waals surface area contributed by atoms with Gasteiger partial charge in [-0.15, -0.1) is 0 Å². The molecular formula is C18H22N4O. The minimum atomic E-state index is -0.0803. The van der Waals surface area contributed by atoms with Crippen molar-refractivity contribution in [3.05, 3.63) is 39.9 Å². The number of nitrogens with zero attached hydrogens (tertiary/aromatic N) is 3. The molecule has 1 N–H and O–H groups in total. The number of hydrogen-bond donors (Lipinski definition) is 1. The summed E-state index contributed by atoms with van der Waals surface area (Å²) >= 11 is 0. The van der Waals surface area contributed by atoms with Gasteiger partial charge in [-0.3, -0.25) is 4.79 Å². The number of rotatable bonds is 2. The first-order valence-corrected chi connectivity index (χ1v) is 8.35. The van der Waals surface area contributed by atoms with Crippen LogP contribution in [0.5, 0.6) is 0 Å². The molecule has 2 fully saturated rings. The molecule has 1 aliphatic carbocycles. The van der Waals surface area contributed by atoms with Gasteiger partial charge in [0.2, 0.25) is 0 Å². The summed E-state index contributed by atoms with van der Waals surface area (Å²) in [5.74, 6) is 1.63. The zero-order valence-corrected chi connectivity index (χ0v) is 13.7. The third-order valence-electron chi connectivity index (χ3n) is 5.36. The number of H-pyrrole nitrogens is 1. The Kier molecular flexibility index (Phi) is 3.25. The van der Waals surface area contributed by atoms with Crippen molar-refractivity contribution in [2.45, 2.75) is 39.5 Å². The van der Waals surface area contributed by atoms with E-state index in [1.165, 1.54) is 25.7 Å². The first-order chi connectivity index (χ1) is 11.1. The quantitative estimate of drug-likeness (QED) is 0.926. The van der Waals surface area contributed by atoms with Crippen LogP contribution in [0.3, 0.4) is 0 Å². The molecule has 4 rings (SSSR count). The molecule has 1 saturated heterocycles.